The molecule has 0 spiro atoms. The Bertz CT molecular complexity index is 946. The number of benzene rings is 2. The molecule has 0 fully saturated rings. The van der Waals surface area contributed by atoms with Crippen molar-refractivity contribution in [2.75, 3.05) is 13.0 Å². The average Bonchev–Trinajstić information content (AvgIpc) is 2.76. The molecule has 156 valence electrons. The minimum Gasteiger partial charge on any atom is -0.487 e. The van der Waals surface area contributed by atoms with E-state index in [-0.39, 0.29) is 12.8 Å². The van der Waals surface area contributed by atoms with Gasteiger partial charge in [-0.2, -0.15) is 0 Å². The van der Waals surface area contributed by atoms with Crippen LogP contribution in [0.5, 0.6) is 11.5 Å². The van der Waals surface area contributed by atoms with Crippen LogP contribution in [0.2, 0.25) is 0 Å². The predicted molar refractivity (Wildman–Crippen MR) is 103 cm³/mol. The highest BCUT2D eigenvalue weighted by molar-refractivity contribution is 5.36. The number of halogens is 2. The van der Waals surface area contributed by atoms with Gasteiger partial charge in [0.05, 0.1) is 0 Å². The number of ether oxygens (including phenoxy) is 2. The van der Waals surface area contributed by atoms with E-state index in [2.05, 4.69) is 5.32 Å². The van der Waals surface area contributed by atoms with Gasteiger partial charge in [-0.25, -0.2) is 8.78 Å². The standard InChI is InChI=1S/C22H25F2NO4/c23-15-3-7-19-13(9-15)1-5-21(28-19)17(26)11-25-12-18(27)22-6-2-14-10-16(24)4-8-20(14)29-22/h3-4,7-10,17-18,21-22,25-27H,1-2,5-6,11-12H2/i11D2,12D2. The van der Waals surface area contributed by atoms with Gasteiger partial charge in [0, 0.05) is 18.5 Å². The number of aliphatic hydroxyl groups excluding tert-OH is 2. The van der Waals surface area contributed by atoms with Crippen LogP contribution in [0.1, 0.15) is 29.5 Å². The van der Waals surface area contributed by atoms with E-state index in [1.54, 1.807) is 0 Å². The summed E-state index contributed by atoms with van der Waals surface area (Å²) < 4.78 is 70.9. The maximum atomic E-state index is 13.4. The number of aliphatic hydroxyl groups is 2. The van der Waals surface area contributed by atoms with Gasteiger partial charge in [-0.1, -0.05) is 0 Å². The molecule has 0 saturated heterocycles. The first-order chi connectivity index (χ1) is 15.5. The van der Waals surface area contributed by atoms with Gasteiger partial charge >= 0.3 is 0 Å². The first-order valence-corrected chi connectivity index (χ1v) is 9.52. The van der Waals surface area contributed by atoms with Gasteiger partial charge in [-0.05, 0) is 73.2 Å². The minimum atomic E-state index is -2.68. The Kier molecular flexibility index (Phi) is 4.65. The third kappa shape index (κ3) is 4.69. The summed E-state index contributed by atoms with van der Waals surface area (Å²) in [6, 6.07) is 7.84. The molecular weight excluding hydrogens is 380 g/mol. The number of hydrogen-bond acceptors (Lipinski definition) is 5. The van der Waals surface area contributed by atoms with Crippen molar-refractivity contribution < 1.29 is 34.0 Å². The second kappa shape index (κ2) is 8.65. The Morgan fingerprint density at radius 2 is 1.34 bits per heavy atom. The maximum Gasteiger partial charge on any atom is 0.126 e. The van der Waals surface area contributed by atoms with Crippen LogP contribution in [0.15, 0.2) is 36.4 Å². The monoisotopic (exact) mass is 409 g/mol. The summed E-state index contributed by atoms with van der Waals surface area (Å²) in [5.41, 5.74) is 1.21. The highest BCUT2D eigenvalue weighted by Gasteiger charge is 2.29. The molecule has 0 amide bonds. The summed E-state index contributed by atoms with van der Waals surface area (Å²) in [5.74, 6) is -0.186. The summed E-state index contributed by atoms with van der Waals surface area (Å²) in [6.45, 7) is -5.36. The van der Waals surface area contributed by atoms with E-state index >= 15 is 0 Å². The van der Waals surface area contributed by atoms with E-state index in [0.29, 0.717) is 35.5 Å². The zero-order valence-electron chi connectivity index (χ0n) is 19.6. The first-order valence-electron chi connectivity index (χ1n) is 11.5. The van der Waals surface area contributed by atoms with Crippen molar-refractivity contribution in [3.8, 4) is 11.5 Å². The van der Waals surface area contributed by atoms with E-state index in [1.807, 2.05) is 0 Å². The predicted octanol–water partition coefficient (Wildman–Crippen LogP) is 2.36. The van der Waals surface area contributed by atoms with Gasteiger partial charge < -0.3 is 25.0 Å². The number of hydrogen-bond donors (Lipinski definition) is 3. The Labute approximate surface area is 173 Å². The van der Waals surface area contributed by atoms with E-state index in [1.165, 1.54) is 36.4 Å². The van der Waals surface area contributed by atoms with Crippen molar-refractivity contribution in [2.24, 2.45) is 0 Å². The second-order valence-corrected chi connectivity index (χ2v) is 7.20. The first kappa shape index (κ1) is 15.6. The summed E-state index contributed by atoms with van der Waals surface area (Å²) >= 11 is 0. The fourth-order valence-corrected chi connectivity index (χ4v) is 3.58. The van der Waals surface area contributed by atoms with Crippen LogP contribution in [-0.4, -0.2) is 47.6 Å². The quantitative estimate of drug-likeness (QED) is 0.683. The Balaban J connectivity index is 1.43. The van der Waals surface area contributed by atoms with E-state index < -0.39 is 49.0 Å². The molecular formula is C22H25F2NO4. The Hall–Kier alpha value is -2.22. The van der Waals surface area contributed by atoms with Gasteiger partial charge in [0.15, 0.2) is 0 Å². The lowest BCUT2D eigenvalue weighted by atomic mass is 9.98. The van der Waals surface area contributed by atoms with Crippen LogP contribution >= 0.6 is 0 Å². The summed E-state index contributed by atoms with van der Waals surface area (Å²) in [4.78, 5) is 0. The largest absolute Gasteiger partial charge is 0.487 e. The molecule has 3 N–H and O–H groups in total. The normalized spacial score (nSPS) is 25.7. The zero-order valence-corrected chi connectivity index (χ0v) is 15.6. The van der Waals surface area contributed by atoms with E-state index in [0.717, 1.165) is 0 Å². The Morgan fingerprint density at radius 1 is 0.897 bits per heavy atom. The molecule has 2 aromatic carbocycles. The summed E-state index contributed by atoms with van der Waals surface area (Å²) in [5, 5.41) is 23.4. The Morgan fingerprint density at radius 3 is 1.79 bits per heavy atom. The van der Waals surface area contributed by atoms with Crippen LogP contribution < -0.4 is 14.8 Å². The van der Waals surface area contributed by atoms with Crippen molar-refractivity contribution in [2.45, 2.75) is 50.1 Å². The van der Waals surface area contributed by atoms with Crippen molar-refractivity contribution in [3.63, 3.8) is 0 Å². The molecule has 7 heteroatoms. The molecule has 2 aromatic rings. The smallest absolute Gasteiger partial charge is 0.126 e. The fraction of sp³-hybridized carbons (Fsp3) is 0.455. The summed E-state index contributed by atoms with van der Waals surface area (Å²) in [6.07, 6.45) is -4.47. The molecule has 4 unspecified atom stereocenters. The van der Waals surface area contributed by atoms with Crippen LogP contribution in [-0.2, 0) is 12.8 Å². The van der Waals surface area contributed by atoms with Gasteiger partial charge in [0.1, 0.15) is 47.5 Å². The lowest BCUT2D eigenvalue weighted by molar-refractivity contribution is 0.00892. The molecule has 4 atom stereocenters. The molecule has 0 aromatic heterocycles. The van der Waals surface area contributed by atoms with Gasteiger partial charge in [0.2, 0.25) is 0 Å². The fourth-order valence-electron chi connectivity index (χ4n) is 3.58. The number of nitrogens with one attached hydrogen (secondary N) is 1. The van der Waals surface area contributed by atoms with Crippen LogP contribution in [0, 0.1) is 11.6 Å². The molecule has 2 aliphatic heterocycles. The third-order valence-electron chi connectivity index (χ3n) is 5.14. The SMILES string of the molecule is [2H]C([2H])(NC([2H])([2H])C(O)C1CCc2cc(F)ccc2O1)C(O)C1CCc2cc(F)ccc2O1. The number of rotatable bonds is 6. The molecule has 29 heavy (non-hydrogen) atoms. The van der Waals surface area contributed by atoms with Crippen LogP contribution in [0.25, 0.3) is 0 Å². The second-order valence-electron chi connectivity index (χ2n) is 7.20. The van der Waals surface area contributed by atoms with Crippen molar-refractivity contribution in [1.29, 1.82) is 0 Å². The lowest BCUT2D eigenvalue weighted by Crippen LogP contribution is -2.46. The summed E-state index contributed by atoms with van der Waals surface area (Å²) in [7, 11) is 0. The van der Waals surface area contributed by atoms with E-state index in [4.69, 9.17) is 15.0 Å². The number of fused-ring (bicyclic) bond motifs is 2. The zero-order chi connectivity index (χ0) is 24.0. The van der Waals surface area contributed by atoms with Gasteiger partial charge in [-0.15, -0.1) is 0 Å². The van der Waals surface area contributed by atoms with Crippen molar-refractivity contribution in [1.82, 2.24) is 5.32 Å². The molecule has 5 nitrogen and oxygen atoms in total. The molecule has 0 bridgehead atoms. The highest BCUT2D eigenvalue weighted by atomic mass is 19.1. The topological polar surface area (TPSA) is 71.0 Å². The van der Waals surface area contributed by atoms with E-state index in [9.17, 15) is 19.0 Å². The molecule has 0 saturated carbocycles. The van der Waals surface area contributed by atoms with Crippen LogP contribution in [0.3, 0.4) is 0 Å². The molecule has 4 rings (SSSR count). The number of aryl methyl sites for hydroxylation is 2. The lowest BCUT2D eigenvalue weighted by Gasteiger charge is -2.31. The molecule has 0 aliphatic carbocycles. The molecule has 2 aliphatic rings. The molecule has 0 radical (unpaired) electrons. The van der Waals surface area contributed by atoms with Crippen molar-refractivity contribution in [3.05, 3.63) is 59.2 Å². The van der Waals surface area contributed by atoms with Gasteiger partial charge in [0.25, 0.3) is 0 Å². The average molecular weight is 409 g/mol. The highest BCUT2D eigenvalue weighted by Crippen LogP contribution is 2.30. The van der Waals surface area contributed by atoms with Crippen molar-refractivity contribution >= 4 is 0 Å². The van der Waals surface area contributed by atoms with Gasteiger partial charge in [-0.3, -0.25) is 0 Å². The third-order valence-corrected chi connectivity index (χ3v) is 5.14. The molecule has 2 heterocycles. The van der Waals surface area contributed by atoms with Crippen LogP contribution in [0.4, 0.5) is 8.78 Å². The minimum absolute atomic E-state index is 0.198. The maximum absolute atomic E-state index is 13.4.